The van der Waals surface area contributed by atoms with Crippen LogP contribution in [-0.4, -0.2) is 72.4 Å². The summed E-state index contributed by atoms with van der Waals surface area (Å²) in [7, 11) is 1.77. The number of rotatable bonds is 6. The van der Waals surface area contributed by atoms with E-state index in [-0.39, 0.29) is 36.4 Å². The molecule has 0 unspecified atom stereocenters. The topological polar surface area (TPSA) is 129 Å². The molecule has 2 aromatic rings. The van der Waals surface area contributed by atoms with Gasteiger partial charge in [0.25, 0.3) is 5.91 Å². The maximum atomic E-state index is 11.9. The number of amides is 2. The second kappa shape index (κ2) is 12.0. The SMILES string of the molecule is CN=C(NCc1ccc(C(=O)NCC(N)=O)cc1)N1CCN(c2ncccn2)CC1.I. The minimum absolute atomic E-state index is 0. The van der Waals surface area contributed by atoms with Crippen molar-refractivity contribution in [2.24, 2.45) is 10.7 Å². The first-order chi connectivity index (χ1) is 14.6. The van der Waals surface area contributed by atoms with Crippen molar-refractivity contribution >= 4 is 47.7 Å². The van der Waals surface area contributed by atoms with Gasteiger partial charge in [-0.1, -0.05) is 12.1 Å². The van der Waals surface area contributed by atoms with Crippen LogP contribution in [0.2, 0.25) is 0 Å². The number of aromatic nitrogens is 2. The molecule has 10 nitrogen and oxygen atoms in total. The molecule has 0 aliphatic carbocycles. The summed E-state index contributed by atoms with van der Waals surface area (Å²) in [6.07, 6.45) is 3.50. The Morgan fingerprint density at radius 1 is 1.06 bits per heavy atom. The number of aliphatic imine (C=N–C) groups is 1. The Labute approximate surface area is 198 Å². The lowest BCUT2D eigenvalue weighted by molar-refractivity contribution is -0.117. The number of hydrogen-bond donors (Lipinski definition) is 3. The molecule has 1 aromatic carbocycles. The van der Waals surface area contributed by atoms with Crippen molar-refractivity contribution in [3.05, 3.63) is 53.9 Å². The molecular weight excluding hydrogens is 511 g/mol. The molecule has 0 saturated carbocycles. The van der Waals surface area contributed by atoms with E-state index in [1.807, 2.05) is 18.2 Å². The van der Waals surface area contributed by atoms with Gasteiger partial charge in [-0.3, -0.25) is 14.6 Å². The predicted octanol–water partition coefficient (Wildman–Crippen LogP) is 0.207. The monoisotopic (exact) mass is 538 g/mol. The standard InChI is InChI=1S/C20H26N8O2.HI/c1-22-19(27-9-11-28(12-10-27)20-23-7-2-8-24-20)26-13-15-3-5-16(6-4-15)18(30)25-14-17(21)29;/h2-8H,9-14H2,1H3,(H2,21,29)(H,22,26)(H,25,30);1H. The van der Waals surface area contributed by atoms with Crippen LogP contribution in [0.15, 0.2) is 47.7 Å². The Morgan fingerprint density at radius 2 is 1.71 bits per heavy atom. The lowest BCUT2D eigenvalue weighted by Crippen LogP contribution is -2.52. The quantitative estimate of drug-likeness (QED) is 0.273. The molecule has 1 fully saturated rings. The van der Waals surface area contributed by atoms with Gasteiger partial charge in [0, 0.05) is 57.7 Å². The van der Waals surface area contributed by atoms with Crippen molar-refractivity contribution < 1.29 is 9.59 Å². The van der Waals surface area contributed by atoms with Crippen molar-refractivity contribution in [2.75, 3.05) is 44.7 Å². The Kier molecular flexibility index (Phi) is 9.43. The largest absolute Gasteiger partial charge is 0.368 e. The molecule has 1 saturated heterocycles. The summed E-state index contributed by atoms with van der Waals surface area (Å²) in [5, 5.41) is 5.83. The van der Waals surface area contributed by atoms with Gasteiger partial charge in [-0.15, -0.1) is 24.0 Å². The van der Waals surface area contributed by atoms with Crippen LogP contribution in [0.5, 0.6) is 0 Å². The summed E-state index contributed by atoms with van der Waals surface area (Å²) in [4.78, 5) is 40.1. The number of benzene rings is 1. The molecule has 2 amide bonds. The van der Waals surface area contributed by atoms with Crippen LogP contribution in [0.4, 0.5) is 5.95 Å². The third-order valence-electron chi connectivity index (χ3n) is 4.72. The van der Waals surface area contributed by atoms with Gasteiger partial charge in [0.05, 0.1) is 6.54 Å². The minimum atomic E-state index is -0.576. The summed E-state index contributed by atoms with van der Waals surface area (Å²) >= 11 is 0. The smallest absolute Gasteiger partial charge is 0.251 e. The number of primary amides is 1. The molecule has 1 aliphatic heterocycles. The van der Waals surface area contributed by atoms with E-state index >= 15 is 0 Å². The van der Waals surface area contributed by atoms with E-state index in [4.69, 9.17) is 5.73 Å². The number of piperazine rings is 1. The average molecular weight is 538 g/mol. The molecule has 0 bridgehead atoms. The number of halogens is 1. The van der Waals surface area contributed by atoms with Crippen molar-refractivity contribution in [3.8, 4) is 0 Å². The molecule has 0 radical (unpaired) electrons. The number of guanidine groups is 1. The summed E-state index contributed by atoms with van der Waals surface area (Å²) in [6, 6.07) is 8.98. The first kappa shape index (κ1) is 24.3. The van der Waals surface area contributed by atoms with Crippen molar-refractivity contribution in [1.29, 1.82) is 0 Å². The van der Waals surface area contributed by atoms with Gasteiger partial charge >= 0.3 is 0 Å². The molecule has 1 aromatic heterocycles. The van der Waals surface area contributed by atoms with E-state index in [2.05, 4.69) is 35.4 Å². The summed E-state index contributed by atoms with van der Waals surface area (Å²) < 4.78 is 0. The number of nitrogens with two attached hydrogens (primary N) is 1. The number of nitrogens with one attached hydrogen (secondary N) is 2. The van der Waals surface area contributed by atoms with Gasteiger partial charge in [-0.25, -0.2) is 9.97 Å². The number of carbonyl (C=O) groups is 2. The van der Waals surface area contributed by atoms with E-state index < -0.39 is 5.91 Å². The van der Waals surface area contributed by atoms with Crippen LogP contribution >= 0.6 is 24.0 Å². The van der Waals surface area contributed by atoms with Crippen LogP contribution in [-0.2, 0) is 11.3 Å². The fourth-order valence-electron chi connectivity index (χ4n) is 3.13. The van der Waals surface area contributed by atoms with Crippen LogP contribution < -0.4 is 21.3 Å². The highest BCUT2D eigenvalue weighted by Gasteiger charge is 2.21. The van der Waals surface area contributed by atoms with E-state index in [1.165, 1.54) is 0 Å². The van der Waals surface area contributed by atoms with E-state index in [1.54, 1.807) is 31.6 Å². The Morgan fingerprint density at radius 3 is 2.29 bits per heavy atom. The van der Waals surface area contributed by atoms with Crippen LogP contribution in [0.3, 0.4) is 0 Å². The first-order valence-electron chi connectivity index (χ1n) is 9.70. The average Bonchev–Trinajstić information content (AvgIpc) is 2.79. The second-order valence-electron chi connectivity index (χ2n) is 6.77. The summed E-state index contributed by atoms with van der Waals surface area (Å²) in [6.45, 7) is 3.67. The molecular formula is C20H27IN8O2. The second-order valence-corrected chi connectivity index (χ2v) is 6.77. The lowest BCUT2D eigenvalue weighted by Gasteiger charge is -2.36. The number of hydrogen-bond acceptors (Lipinski definition) is 6. The first-order valence-corrected chi connectivity index (χ1v) is 9.70. The van der Waals surface area contributed by atoms with Crippen LogP contribution in [0, 0.1) is 0 Å². The zero-order chi connectivity index (χ0) is 21.3. The molecule has 11 heteroatoms. The Balaban J connectivity index is 0.00000341. The van der Waals surface area contributed by atoms with Gasteiger partial charge in [0.15, 0.2) is 5.96 Å². The van der Waals surface area contributed by atoms with Crippen molar-refractivity contribution in [3.63, 3.8) is 0 Å². The number of anilines is 1. The van der Waals surface area contributed by atoms with Crippen LogP contribution in [0.1, 0.15) is 15.9 Å². The molecule has 0 spiro atoms. The van der Waals surface area contributed by atoms with E-state index in [0.717, 1.165) is 43.7 Å². The Bertz CT molecular complexity index is 884. The molecule has 3 rings (SSSR count). The fraction of sp³-hybridized carbons (Fsp3) is 0.350. The zero-order valence-electron chi connectivity index (χ0n) is 17.3. The molecule has 0 atom stereocenters. The molecule has 2 heterocycles. The molecule has 31 heavy (non-hydrogen) atoms. The molecule has 1 aliphatic rings. The van der Waals surface area contributed by atoms with E-state index in [9.17, 15) is 9.59 Å². The molecule has 166 valence electrons. The van der Waals surface area contributed by atoms with Crippen molar-refractivity contribution in [1.82, 2.24) is 25.5 Å². The predicted molar refractivity (Wildman–Crippen MR) is 129 cm³/mol. The maximum Gasteiger partial charge on any atom is 0.251 e. The minimum Gasteiger partial charge on any atom is -0.368 e. The summed E-state index contributed by atoms with van der Waals surface area (Å²) in [5.41, 5.74) is 6.53. The molecule has 4 N–H and O–H groups in total. The van der Waals surface area contributed by atoms with E-state index in [0.29, 0.717) is 12.1 Å². The fourth-order valence-corrected chi connectivity index (χ4v) is 3.13. The van der Waals surface area contributed by atoms with Crippen LogP contribution in [0.25, 0.3) is 0 Å². The Hall–Kier alpha value is -2.96. The highest BCUT2D eigenvalue weighted by Crippen LogP contribution is 2.10. The van der Waals surface area contributed by atoms with Gasteiger partial charge < -0.3 is 26.2 Å². The lowest BCUT2D eigenvalue weighted by atomic mass is 10.1. The highest BCUT2D eigenvalue weighted by molar-refractivity contribution is 14.0. The van der Waals surface area contributed by atoms with Gasteiger partial charge in [0.1, 0.15) is 0 Å². The number of nitrogens with zero attached hydrogens (tertiary/aromatic N) is 5. The van der Waals surface area contributed by atoms with Gasteiger partial charge in [0.2, 0.25) is 11.9 Å². The summed E-state index contributed by atoms with van der Waals surface area (Å²) in [5.74, 6) is 0.670. The third-order valence-corrected chi connectivity index (χ3v) is 4.72. The zero-order valence-corrected chi connectivity index (χ0v) is 19.7. The van der Waals surface area contributed by atoms with Gasteiger partial charge in [-0.05, 0) is 23.8 Å². The normalized spacial score (nSPS) is 13.9. The third kappa shape index (κ3) is 7.05. The van der Waals surface area contributed by atoms with Gasteiger partial charge in [-0.2, -0.15) is 0 Å². The maximum absolute atomic E-state index is 11.9. The number of carbonyl (C=O) groups excluding carboxylic acids is 2. The highest BCUT2D eigenvalue weighted by atomic mass is 127. The van der Waals surface area contributed by atoms with Crippen molar-refractivity contribution in [2.45, 2.75) is 6.54 Å².